The number of hydrogen-bond acceptors (Lipinski definition) is 4. The quantitative estimate of drug-likeness (QED) is 0.830. The number of aryl methyl sites for hydroxylation is 1. The zero-order valence-electron chi connectivity index (χ0n) is 10.8. The second-order valence-electron chi connectivity index (χ2n) is 4.39. The van der Waals surface area contributed by atoms with Gasteiger partial charge in [0.15, 0.2) is 0 Å². The minimum absolute atomic E-state index is 0.229. The number of nitrogens with zero attached hydrogens (tertiary/aromatic N) is 3. The Morgan fingerprint density at radius 2 is 2.00 bits per heavy atom. The van der Waals surface area contributed by atoms with E-state index in [2.05, 4.69) is 9.88 Å². The van der Waals surface area contributed by atoms with Crippen LogP contribution >= 0.6 is 0 Å². The number of anilines is 1. The summed E-state index contributed by atoms with van der Waals surface area (Å²) < 4.78 is 0. The SMILES string of the molecule is Cc1cc(C(=O)O)cnc1N(C)CCN(C)C. The second kappa shape index (κ2) is 5.63. The maximum atomic E-state index is 10.8. The summed E-state index contributed by atoms with van der Waals surface area (Å²) in [4.78, 5) is 19.1. The number of hydrogen-bond donors (Lipinski definition) is 1. The molecule has 1 rings (SSSR count). The molecule has 0 saturated heterocycles. The molecular weight excluding hydrogens is 218 g/mol. The molecule has 5 heteroatoms. The van der Waals surface area contributed by atoms with E-state index >= 15 is 0 Å². The monoisotopic (exact) mass is 237 g/mol. The van der Waals surface area contributed by atoms with Gasteiger partial charge in [-0.1, -0.05) is 0 Å². The predicted molar refractivity (Wildman–Crippen MR) is 67.8 cm³/mol. The Balaban J connectivity index is 2.81. The van der Waals surface area contributed by atoms with E-state index in [1.165, 1.54) is 6.20 Å². The number of aromatic carboxylic acids is 1. The minimum atomic E-state index is -0.942. The zero-order chi connectivity index (χ0) is 13.0. The number of carboxylic acids is 1. The van der Waals surface area contributed by atoms with E-state index in [9.17, 15) is 4.79 Å². The minimum Gasteiger partial charge on any atom is -0.478 e. The Morgan fingerprint density at radius 3 is 2.47 bits per heavy atom. The van der Waals surface area contributed by atoms with E-state index in [1.54, 1.807) is 6.07 Å². The summed E-state index contributed by atoms with van der Waals surface area (Å²) in [6.07, 6.45) is 1.40. The standard InChI is InChI=1S/C12H19N3O2/c1-9-7-10(12(16)17)8-13-11(9)15(4)6-5-14(2)3/h7-8H,5-6H2,1-4H3,(H,16,17). The lowest BCUT2D eigenvalue weighted by Crippen LogP contribution is -2.29. The molecule has 0 atom stereocenters. The van der Waals surface area contributed by atoms with E-state index in [-0.39, 0.29) is 5.56 Å². The third-order valence-electron chi connectivity index (χ3n) is 2.54. The molecule has 0 aliphatic heterocycles. The van der Waals surface area contributed by atoms with Crippen LogP contribution < -0.4 is 4.90 Å². The first-order valence-corrected chi connectivity index (χ1v) is 5.47. The molecule has 17 heavy (non-hydrogen) atoms. The van der Waals surface area contributed by atoms with E-state index in [4.69, 9.17) is 5.11 Å². The van der Waals surface area contributed by atoms with E-state index in [0.29, 0.717) is 0 Å². The molecule has 1 heterocycles. The highest BCUT2D eigenvalue weighted by Gasteiger charge is 2.10. The summed E-state index contributed by atoms with van der Waals surface area (Å²) in [6, 6.07) is 1.65. The van der Waals surface area contributed by atoms with Crippen LogP contribution in [0.25, 0.3) is 0 Å². The number of aromatic nitrogens is 1. The van der Waals surface area contributed by atoms with E-state index < -0.39 is 5.97 Å². The fourth-order valence-corrected chi connectivity index (χ4v) is 1.54. The van der Waals surface area contributed by atoms with Crippen LogP contribution in [-0.2, 0) is 0 Å². The fraction of sp³-hybridized carbons (Fsp3) is 0.500. The van der Waals surface area contributed by atoms with Crippen molar-refractivity contribution in [3.05, 3.63) is 23.4 Å². The van der Waals surface area contributed by atoms with Gasteiger partial charge in [0.25, 0.3) is 0 Å². The molecular formula is C12H19N3O2. The van der Waals surface area contributed by atoms with Crippen molar-refractivity contribution in [2.24, 2.45) is 0 Å². The van der Waals surface area contributed by atoms with Gasteiger partial charge in [-0.2, -0.15) is 0 Å². The van der Waals surface area contributed by atoms with Gasteiger partial charge in [0, 0.05) is 26.3 Å². The Kier molecular flexibility index (Phi) is 4.45. The third kappa shape index (κ3) is 3.71. The molecule has 0 amide bonds. The van der Waals surface area contributed by atoms with Crippen molar-refractivity contribution in [3.63, 3.8) is 0 Å². The Labute approximate surface area is 102 Å². The van der Waals surface area contributed by atoms with Crippen LogP contribution in [0.2, 0.25) is 0 Å². The van der Waals surface area contributed by atoms with Gasteiger partial charge in [-0.05, 0) is 32.6 Å². The first-order valence-electron chi connectivity index (χ1n) is 5.47. The van der Waals surface area contributed by atoms with Crippen molar-refractivity contribution >= 4 is 11.8 Å². The fourth-order valence-electron chi connectivity index (χ4n) is 1.54. The third-order valence-corrected chi connectivity index (χ3v) is 2.54. The molecule has 0 radical (unpaired) electrons. The number of pyridine rings is 1. The van der Waals surface area contributed by atoms with Crippen molar-refractivity contribution in [3.8, 4) is 0 Å². The highest BCUT2D eigenvalue weighted by Crippen LogP contribution is 2.16. The molecule has 0 aromatic carbocycles. The van der Waals surface area contributed by atoms with Gasteiger partial charge >= 0.3 is 5.97 Å². The van der Waals surface area contributed by atoms with E-state index in [1.807, 2.05) is 33.0 Å². The average Bonchev–Trinajstić information content (AvgIpc) is 2.25. The molecule has 1 N–H and O–H groups in total. The van der Waals surface area contributed by atoms with Gasteiger partial charge in [-0.3, -0.25) is 0 Å². The molecule has 0 saturated carbocycles. The number of rotatable bonds is 5. The molecule has 0 unspecified atom stereocenters. The summed E-state index contributed by atoms with van der Waals surface area (Å²) in [6.45, 7) is 3.66. The summed E-state index contributed by atoms with van der Waals surface area (Å²) >= 11 is 0. The summed E-state index contributed by atoms with van der Waals surface area (Å²) in [5.74, 6) is -0.111. The Hall–Kier alpha value is -1.62. The van der Waals surface area contributed by atoms with Gasteiger partial charge in [-0.25, -0.2) is 9.78 Å². The van der Waals surface area contributed by atoms with Crippen LogP contribution in [0.15, 0.2) is 12.3 Å². The molecule has 0 aliphatic carbocycles. The maximum Gasteiger partial charge on any atom is 0.337 e. The number of carbonyl (C=O) groups is 1. The Morgan fingerprint density at radius 1 is 1.35 bits per heavy atom. The number of carboxylic acid groups (broad SMARTS) is 1. The predicted octanol–water partition coefficient (Wildman–Crippen LogP) is 1.09. The highest BCUT2D eigenvalue weighted by atomic mass is 16.4. The molecule has 5 nitrogen and oxygen atoms in total. The average molecular weight is 237 g/mol. The molecule has 0 bridgehead atoms. The largest absolute Gasteiger partial charge is 0.478 e. The zero-order valence-corrected chi connectivity index (χ0v) is 10.8. The normalized spacial score (nSPS) is 10.6. The smallest absolute Gasteiger partial charge is 0.337 e. The molecule has 0 aliphatic rings. The van der Waals surface area contributed by atoms with Crippen LogP contribution in [0.4, 0.5) is 5.82 Å². The topological polar surface area (TPSA) is 56.7 Å². The number of likely N-dealkylation sites (N-methyl/N-ethyl adjacent to an activating group) is 2. The maximum absolute atomic E-state index is 10.8. The van der Waals surface area contributed by atoms with Crippen molar-refractivity contribution in [2.45, 2.75) is 6.92 Å². The molecule has 1 aromatic rings. The van der Waals surface area contributed by atoms with Crippen molar-refractivity contribution in [1.82, 2.24) is 9.88 Å². The molecule has 1 aromatic heterocycles. The van der Waals surface area contributed by atoms with Crippen LogP contribution in [-0.4, -0.2) is 55.2 Å². The van der Waals surface area contributed by atoms with Gasteiger partial charge in [0.2, 0.25) is 0 Å². The molecule has 0 spiro atoms. The summed E-state index contributed by atoms with van der Waals surface area (Å²) in [7, 11) is 5.99. The lowest BCUT2D eigenvalue weighted by molar-refractivity contribution is 0.0696. The lowest BCUT2D eigenvalue weighted by Gasteiger charge is -2.22. The second-order valence-corrected chi connectivity index (χ2v) is 4.39. The Bertz CT molecular complexity index is 405. The van der Waals surface area contributed by atoms with Crippen LogP contribution in [0.3, 0.4) is 0 Å². The van der Waals surface area contributed by atoms with Crippen molar-refractivity contribution < 1.29 is 9.90 Å². The summed E-state index contributed by atoms with van der Waals surface area (Å²) in [5, 5.41) is 8.85. The molecule has 94 valence electrons. The van der Waals surface area contributed by atoms with Gasteiger partial charge < -0.3 is 14.9 Å². The molecule has 0 fully saturated rings. The van der Waals surface area contributed by atoms with Gasteiger partial charge in [0.05, 0.1) is 5.56 Å². The van der Waals surface area contributed by atoms with Gasteiger partial charge in [-0.15, -0.1) is 0 Å². The summed E-state index contributed by atoms with van der Waals surface area (Å²) in [5.41, 5.74) is 1.11. The van der Waals surface area contributed by atoms with Crippen LogP contribution in [0.1, 0.15) is 15.9 Å². The first-order chi connectivity index (χ1) is 7.91. The van der Waals surface area contributed by atoms with Crippen LogP contribution in [0, 0.1) is 6.92 Å². The van der Waals surface area contributed by atoms with E-state index in [0.717, 1.165) is 24.5 Å². The van der Waals surface area contributed by atoms with Crippen molar-refractivity contribution in [2.75, 3.05) is 39.1 Å². The van der Waals surface area contributed by atoms with Crippen LogP contribution in [0.5, 0.6) is 0 Å². The lowest BCUT2D eigenvalue weighted by atomic mass is 10.2. The van der Waals surface area contributed by atoms with Gasteiger partial charge in [0.1, 0.15) is 5.82 Å². The highest BCUT2D eigenvalue weighted by molar-refractivity contribution is 5.87. The first kappa shape index (κ1) is 13.4. The van der Waals surface area contributed by atoms with Crippen molar-refractivity contribution in [1.29, 1.82) is 0 Å².